The zero-order chi connectivity index (χ0) is 13.0. The Balaban J connectivity index is 2.07. The molecule has 1 saturated carbocycles. The van der Waals surface area contributed by atoms with Crippen molar-refractivity contribution in [1.29, 1.82) is 0 Å². The lowest BCUT2D eigenvalue weighted by atomic mass is 9.70. The SMILES string of the molecule is CC1(C)CCCC(c2ccc(/C=C/CN)cc2)C1. The Hall–Kier alpha value is -1.08. The van der Waals surface area contributed by atoms with Gasteiger partial charge < -0.3 is 5.73 Å². The van der Waals surface area contributed by atoms with Gasteiger partial charge in [0.15, 0.2) is 0 Å². The third-order valence-electron chi connectivity index (χ3n) is 4.06. The summed E-state index contributed by atoms with van der Waals surface area (Å²) in [5.74, 6) is 0.751. The average Bonchev–Trinajstić information content (AvgIpc) is 2.36. The molecular formula is C17H25N. The number of nitrogens with two attached hydrogens (primary N) is 1. The molecule has 1 aromatic carbocycles. The summed E-state index contributed by atoms with van der Waals surface area (Å²) in [6.07, 6.45) is 9.51. The molecule has 0 radical (unpaired) electrons. The number of benzene rings is 1. The van der Waals surface area contributed by atoms with Crippen LogP contribution in [0, 0.1) is 5.41 Å². The largest absolute Gasteiger partial charge is 0.327 e. The van der Waals surface area contributed by atoms with Crippen LogP contribution in [0.1, 0.15) is 56.6 Å². The fraction of sp³-hybridized carbons (Fsp3) is 0.529. The van der Waals surface area contributed by atoms with Crippen LogP contribution in [0.25, 0.3) is 6.08 Å². The maximum Gasteiger partial charge on any atom is 0.0110 e. The summed E-state index contributed by atoms with van der Waals surface area (Å²) in [4.78, 5) is 0. The van der Waals surface area contributed by atoms with E-state index in [4.69, 9.17) is 5.73 Å². The monoisotopic (exact) mass is 243 g/mol. The highest BCUT2D eigenvalue weighted by atomic mass is 14.5. The predicted molar refractivity (Wildman–Crippen MR) is 79.5 cm³/mol. The van der Waals surface area contributed by atoms with Gasteiger partial charge in [-0.3, -0.25) is 0 Å². The molecule has 0 heterocycles. The normalized spacial score (nSPS) is 23.4. The van der Waals surface area contributed by atoms with Gasteiger partial charge in [0.2, 0.25) is 0 Å². The molecule has 1 heteroatoms. The maximum atomic E-state index is 5.47. The van der Waals surface area contributed by atoms with Crippen molar-refractivity contribution >= 4 is 6.08 Å². The first-order valence-corrected chi connectivity index (χ1v) is 7.07. The van der Waals surface area contributed by atoms with Crippen molar-refractivity contribution in [2.24, 2.45) is 11.1 Å². The van der Waals surface area contributed by atoms with Gasteiger partial charge in [-0.1, -0.05) is 56.7 Å². The molecule has 0 aromatic heterocycles. The van der Waals surface area contributed by atoms with Gasteiger partial charge in [0.1, 0.15) is 0 Å². The van der Waals surface area contributed by atoms with Crippen LogP contribution in [0.3, 0.4) is 0 Å². The Bertz CT molecular complexity index is 400. The lowest BCUT2D eigenvalue weighted by Crippen LogP contribution is -2.21. The molecule has 98 valence electrons. The zero-order valence-electron chi connectivity index (χ0n) is 11.7. The first kappa shape index (κ1) is 13.4. The van der Waals surface area contributed by atoms with Crippen molar-refractivity contribution in [1.82, 2.24) is 0 Å². The Morgan fingerprint density at radius 1 is 1.28 bits per heavy atom. The smallest absolute Gasteiger partial charge is 0.0110 e. The first-order chi connectivity index (χ1) is 8.61. The van der Waals surface area contributed by atoms with Crippen LogP contribution < -0.4 is 5.73 Å². The van der Waals surface area contributed by atoms with Crippen LogP contribution >= 0.6 is 0 Å². The van der Waals surface area contributed by atoms with Crippen LogP contribution in [-0.4, -0.2) is 6.54 Å². The van der Waals surface area contributed by atoms with Crippen molar-refractivity contribution in [3.05, 3.63) is 41.5 Å². The molecule has 1 aliphatic rings. The molecule has 0 amide bonds. The van der Waals surface area contributed by atoms with Crippen molar-refractivity contribution in [2.45, 2.75) is 45.4 Å². The summed E-state index contributed by atoms with van der Waals surface area (Å²) >= 11 is 0. The van der Waals surface area contributed by atoms with Crippen LogP contribution in [0.2, 0.25) is 0 Å². The summed E-state index contributed by atoms with van der Waals surface area (Å²) in [6.45, 7) is 5.41. The van der Waals surface area contributed by atoms with E-state index in [1.165, 1.54) is 36.8 Å². The van der Waals surface area contributed by atoms with E-state index in [0.717, 1.165) is 5.92 Å². The van der Waals surface area contributed by atoms with Gasteiger partial charge in [0, 0.05) is 6.54 Å². The van der Waals surface area contributed by atoms with Crippen LogP contribution in [-0.2, 0) is 0 Å². The van der Waals surface area contributed by atoms with E-state index in [1.54, 1.807) is 0 Å². The number of hydrogen-bond acceptors (Lipinski definition) is 1. The molecule has 1 aliphatic carbocycles. The van der Waals surface area contributed by atoms with Crippen LogP contribution in [0.5, 0.6) is 0 Å². The number of rotatable bonds is 3. The third kappa shape index (κ3) is 3.46. The van der Waals surface area contributed by atoms with Gasteiger partial charge >= 0.3 is 0 Å². The molecule has 0 aliphatic heterocycles. The van der Waals surface area contributed by atoms with Gasteiger partial charge in [0.25, 0.3) is 0 Å². The van der Waals surface area contributed by atoms with E-state index in [1.807, 2.05) is 6.08 Å². The second-order valence-electron chi connectivity index (χ2n) is 6.26. The highest BCUT2D eigenvalue weighted by Gasteiger charge is 2.28. The molecule has 1 fully saturated rings. The van der Waals surface area contributed by atoms with Gasteiger partial charge in [-0.05, 0) is 41.7 Å². The van der Waals surface area contributed by atoms with Crippen molar-refractivity contribution in [3.8, 4) is 0 Å². The van der Waals surface area contributed by atoms with Gasteiger partial charge in [-0.2, -0.15) is 0 Å². The molecule has 0 bridgehead atoms. The Labute approximate surface area is 111 Å². The molecule has 2 N–H and O–H groups in total. The predicted octanol–water partition coefficient (Wildman–Crippen LogP) is 4.34. The lowest BCUT2D eigenvalue weighted by Gasteiger charge is -2.35. The molecule has 18 heavy (non-hydrogen) atoms. The van der Waals surface area contributed by atoms with Crippen LogP contribution in [0.15, 0.2) is 30.3 Å². The second-order valence-corrected chi connectivity index (χ2v) is 6.26. The van der Waals surface area contributed by atoms with Crippen LogP contribution in [0.4, 0.5) is 0 Å². The molecular weight excluding hydrogens is 218 g/mol. The molecule has 1 atom stereocenters. The highest BCUT2D eigenvalue weighted by Crippen LogP contribution is 2.43. The molecule has 0 spiro atoms. The molecule has 0 saturated heterocycles. The highest BCUT2D eigenvalue weighted by molar-refractivity contribution is 5.50. The standard InChI is InChI=1S/C17H25N/c1-17(2)11-3-6-16(13-17)15-9-7-14(8-10-15)5-4-12-18/h4-5,7-10,16H,3,6,11-13,18H2,1-2H3/b5-4+. The van der Waals surface area contributed by atoms with E-state index in [2.05, 4.69) is 44.2 Å². The van der Waals surface area contributed by atoms with Gasteiger partial charge in [-0.25, -0.2) is 0 Å². The Kier molecular flexibility index (Phi) is 4.23. The third-order valence-corrected chi connectivity index (χ3v) is 4.06. The topological polar surface area (TPSA) is 26.0 Å². The summed E-state index contributed by atoms with van der Waals surface area (Å²) in [6, 6.07) is 9.01. The van der Waals surface area contributed by atoms with E-state index >= 15 is 0 Å². The summed E-state index contributed by atoms with van der Waals surface area (Å²) < 4.78 is 0. The number of hydrogen-bond donors (Lipinski definition) is 1. The minimum atomic E-state index is 0.515. The summed E-state index contributed by atoms with van der Waals surface area (Å²) in [5, 5.41) is 0. The van der Waals surface area contributed by atoms with Gasteiger partial charge in [0.05, 0.1) is 0 Å². The van der Waals surface area contributed by atoms with Crippen molar-refractivity contribution < 1.29 is 0 Å². The lowest BCUT2D eigenvalue weighted by molar-refractivity contribution is 0.219. The summed E-state index contributed by atoms with van der Waals surface area (Å²) in [7, 11) is 0. The second kappa shape index (κ2) is 5.71. The van der Waals surface area contributed by atoms with E-state index < -0.39 is 0 Å². The molecule has 1 aromatic rings. The molecule has 1 unspecified atom stereocenters. The quantitative estimate of drug-likeness (QED) is 0.839. The average molecular weight is 243 g/mol. The molecule has 1 nitrogen and oxygen atoms in total. The van der Waals surface area contributed by atoms with E-state index in [9.17, 15) is 0 Å². The first-order valence-electron chi connectivity index (χ1n) is 7.07. The summed E-state index contributed by atoms with van der Waals surface area (Å²) in [5.41, 5.74) is 8.74. The van der Waals surface area contributed by atoms with Gasteiger partial charge in [-0.15, -0.1) is 0 Å². The fourth-order valence-corrected chi connectivity index (χ4v) is 3.07. The van der Waals surface area contributed by atoms with Crippen molar-refractivity contribution in [3.63, 3.8) is 0 Å². The molecule has 2 rings (SSSR count). The zero-order valence-corrected chi connectivity index (χ0v) is 11.7. The maximum absolute atomic E-state index is 5.47. The fourth-order valence-electron chi connectivity index (χ4n) is 3.07. The van der Waals surface area contributed by atoms with E-state index in [0.29, 0.717) is 12.0 Å². The van der Waals surface area contributed by atoms with E-state index in [-0.39, 0.29) is 0 Å². The van der Waals surface area contributed by atoms with Crippen molar-refractivity contribution in [2.75, 3.05) is 6.54 Å². The Morgan fingerprint density at radius 3 is 2.61 bits per heavy atom. The minimum Gasteiger partial charge on any atom is -0.327 e. The Morgan fingerprint density at radius 2 is 2.00 bits per heavy atom. The minimum absolute atomic E-state index is 0.515.